The molecular formula is C13H17Cl2N3O. The van der Waals surface area contributed by atoms with E-state index in [1.807, 2.05) is 0 Å². The molecule has 1 aliphatic heterocycles. The Bertz CT molecular complexity index is 470. The van der Waals surface area contributed by atoms with Gasteiger partial charge in [-0.1, -0.05) is 23.2 Å². The fraction of sp³-hybridized carbons (Fsp3) is 0.462. The third-order valence-corrected chi connectivity index (χ3v) is 4.09. The van der Waals surface area contributed by atoms with Crippen molar-refractivity contribution in [3.8, 4) is 0 Å². The number of anilines is 1. The Morgan fingerprint density at radius 3 is 2.84 bits per heavy atom. The lowest BCUT2D eigenvalue weighted by Crippen LogP contribution is -2.46. The molecule has 3 N–H and O–H groups in total. The van der Waals surface area contributed by atoms with Gasteiger partial charge in [-0.2, -0.15) is 0 Å². The number of hydrogen-bond acceptors (Lipinski definition) is 3. The number of amides is 1. The second-order valence-electron chi connectivity index (χ2n) is 4.94. The van der Waals surface area contributed by atoms with E-state index in [1.54, 1.807) is 12.1 Å². The van der Waals surface area contributed by atoms with Crippen LogP contribution in [-0.2, 0) is 0 Å². The molecular weight excluding hydrogens is 285 g/mol. The smallest absolute Gasteiger partial charge is 0.251 e. The van der Waals surface area contributed by atoms with Crippen molar-refractivity contribution < 1.29 is 4.79 Å². The van der Waals surface area contributed by atoms with E-state index in [9.17, 15) is 4.79 Å². The van der Waals surface area contributed by atoms with Crippen molar-refractivity contribution in [1.82, 2.24) is 10.2 Å². The van der Waals surface area contributed by atoms with Crippen LogP contribution in [0.3, 0.4) is 0 Å². The van der Waals surface area contributed by atoms with E-state index in [0.717, 1.165) is 25.9 Å². The zero-order valence-electron chi connectivity index (χ0n) is 10.7. The molecule has 0 aliphatic carbocycles. The number of nitrogen functional groups attached to an aromatic ring is 1. The Labute approximate surface area is 122 Å². The zero-order valence-corrected chi connectivity index (χ0v) is 12.3. The van der Waals surface area contributed by atoms with Gasteiger partial charge >= 0.3 is 0 Å². The van der Waals surface area contributed by atoms with Gasteiger partial charge in [0.1, 0.15) is 0 Å². The van der Waals surface area contributed by atoms with E-state index < -0.39 is 0 Å². The van der Waals surface area contributed by atoms with Crippen LogP contribution in [0, 0.1) is 0 Å². The number of carbonyl (C=O) groups excluding carboxylic acids is 1. The molecule has 0 aromatic heterocycles. The summed E-state index contributed by atoms with van der Waals surface area (Å²) >= 11 is 11.8. The minimum Gasteiger partial charge on any atom is -0.397 e. The molecule has 4 nitrogen and oxygen atoms in total. The number of benzene rings is 1. The SMILES string of the molecule is CN1CCCC(NC(=O)c2cc(N)c(Cl)c(Cl)c2)C1. The van der Waals surface area contributed by atoms with Gasteiger partial charge in [0.25, 0.3) is 5.91 Å². The number of nitrogens with two attached hydrogens (primary N) is 1. The molecule has 1 fully saturated rings. The van der Waals surface area contributed by atoms with Crippen LogP contribution in [0.1, 0.15) is 23.2 Å². The summed E-state index contributed by atoms with van der Waals surface area (Å²) in [6.45, 7) is 1.94. The number of piperidine rings is 1. The summed E-state index contributed by atoms with van der Waals surface area (Å²) in [6, 6.07) is 3.26. The van der Waals surface area contributed by atoms with Gasteiger partial charge in [-0.15, -0.1) is 0 Å². The Kier molecular flexibility index (Phi) is 4.55. The van der Waals surface area contributed by atoms with E-state index in [1.165, 1.54) is 0 Å². The monoisotopic (exact) mass is 301 g/mol. The summed E-state index contributed by atoms with van der Waals surface area (Å²) in [4.78, 5) is 14.4. The molecule has 1 aliphatic rings. The number of likely N-dealkylation sites (N-methyl/N-ethyl adjacent to an activating group) is 1. The number of carbonyl (C=O) groups is 1. The summed E-state index contributed by atoms with van der Waals surface area (Å²) in [5.74, 6) is -0.162. The molecule has 1 atom stereocenters. The van der Waals surface area contributed by atoms with Gasteiger partial charge < -0.3 is 16.0 Å². The van der Waals surface area contributed by atoms with Crippen molar-refractivity contribution in [1.29, 1.82) is 0 Å². The number of nitrogens with one attached hydrogen (secondary N) is 1. The van der Waals surface area contributed by atoms with Gasteiger partial charge in [0.05, 0.1) is 15.7 Å². The number of hydrogen-bond donors (Lipinski definition) is 2. The number of likely N-dealkylation sites (tertiary alicyclic amines) is 1. The molecule has 1 aromatic rings. The lowest BCUT2D eigenvalue weighted by atomic mass is 10.1. The van der Waals surface area contributed by atoms with Gasteiger partial charge in [0.2, 0.25) is 0 Å². The first kappa shape index (κ1) is 14.4. The molecule has 104 valence electrons. The largest absolute Gasteiger partial charge is 0.397 e. The van der Waals surface area contributed by atoms with E-state index in [2.05, 4.69) is 17.3 Å². The summed E-state index contributed by atoms with van der Waals surface area (Å²) in [7, 11) is 2.05. The Hall–Kier alpha value is -0.970. The molecule has 19 heavy (non-hydrogen) atoms. The van der Waals surface area contributed by atoms with Crippen LogP contribution in [-0.4, -0.2) is 37.0 Å². The van der Waals surface area contributed by atoms with Crippen molar-refractivity contribution in [2.24, 2.45) is 0 Å². The molecule has 0 radical (unpaired) electrons. The summed E-state index contributed by atoms with van der Waals surface area (Å²) in [6.07, 6.45) is 2.08. The van der Waals surface area contributed by atoms with Crippen LogP contribution in [0.4, 0.5) is 5.69 Å². The van der Waals surface area contributed by atoms with Crippen molar-refractivity contribution in [2.45, 2.75) is 18.9 Å². The van der Waals surface area contributed by atoms with Crippen LogP contribution in [0.5, 0.6) is 0 Å². The van der Waals surface area contributed by atoms with Crippen LogP contribution in [0.15, 0.2) is 12.1 Å². The Morgan fingerprint density at radius 2 is 2.21 bits per heavy atom. The number of halogens is 2. The average Bonchev–Trinajstić information content (AvgIpc) is 2.35. The maximum Gasteiger partial charge on any atom is 0.251 e. The van der Waals surface area contributed by atoms with Crippen molar-refractivity contribution in [3.63, 3.8) is 0 Å². The highest BCUT2D eigenvalue weighted by atomic mass is 35.5. The van der Waals surface area contributed by atoms with Crippen LogP contribution < -0.4 is 11.1 Å². The minimum absolute atomic E-state index is 0.162. The Morgan fingerprint density at radius 1 is 1.47 bits per heavy atom. The standard InChI is InChI=1S/C13H17Cl2N3O/c1-18-4-2-3-9(7-18)17-13(19)8-5-10(14)12(15)11(16)6-8/h5-6,9H,2-4,7,16H2,1H3,(H,17,19). The van der Waals surface area contributed by atoms with Crippen molar-refractivity contribution in [3.05, 3.63) is 27.7 Å². The van der Waals surface area contributed by atoms with Crippen LogP contribution in [0.25, 0.3) is 0 Å². The molecule has 0 saturated carbocycles. The molecule has 6 heteroatoms. The minimum atomic E-state index is -0.162. The second-order valence-corrected chi connectivity index (χ2v) is 5.72. The van der Waals surface area contributed by atoms with Gasteiger partial charge in [0, 0.05) is 18.2 Å². The lowest BCUT2D eigenvalue weighted by Gasteiger charge is -2.30. The highest BCUT2D eigenvalue weighted by Gasteiger charge is 2.20. The fourth-order valence-corrected chi connectivity index (χ4v) is 2.63. The first-order chi connectivity index (χ1) is 8.97. The molecule has 1 amide bonds. The quantitative estimate of drug-likeness (QED) is 0.825. The second kappa shape index (κ2) is 5.99. The number of rotatable bonds is 2. The maximum absolute atomic E-state index is 12.1. The van der Waals surface area contributed by atoms with Crippen molar-refractivity contribution in [2.75, 3.05) is 25.9 Å². The van der Waals surface area contributed by atoms with E-state index >= 15 is 0 Å². The molecule has 2 rings (SSSR count). The first-order valence-corrected chi connectivity index (χ1v) is 6.97. The highest BCUT2D eigenvalue weighted by molar-refractivity contribution is 6.43. The predicted octanol–water partition coefficient (Wildman–Crippen LogP) is 2.40. The zero-order chi connectivity index (χ0) is 14.0. The van der Waals surface area contributed by atoms with Gasteiger partial charge in [-0.05, 0) is 38.6 Å². The van der Waals surface area contributed by atoms with Crippen molar-refractivity contribution >= 4 is 34.8 Å². The van der Waals surface area contributed by atoms with Crippen LogP contribution in [0.2, 0.25) is 10.0 Å². The van der Waals surface area contributed by atoms with E-state index in [-0.39, 0.29) is 17.0 Å². The van der Waals surface area contributed by atoms with Gasteiger partial charge in [0.15, 0.2) is 0 Å². The summed E-state index contributed by atoms with van der Waals surface area (Å²) in [5.41, 5.74) is 6.47. The fourth-order valence-electron chi connectivity index (χ4n) is 2.29. The van der Waals surface area contributed by atoms with Gasteiger partial charge in [-0.3, -0.25) is 4.79 Å². The van der Waals surface area contributed by atoms with E-state index in [0.29, 0.717) is 16.3 Å². The highest BCUT2D eigenvalue weighted by Crippen LogP contribution is 2.29. The topological polar surface area (TPSA) is 58.4 Å². The normalized spacial score (nSPS) is 20.3. The predicted molar refractivity (Wildman–Crippen MR) is 78.9 cm³/mol. The third-order valence-electron chi connectivity index (χ3n) is 3.28. The van der Waals surface area contributed by atoms with Gasteiger partial charge in [-0.25, -0.2) is 0 Å². The molecule has 1 unspecified atom stereocenters. The molecule has 0 spiro atoms. The third kappa shape index (κ3) is 3.53. The molecule has 0 bridgehead atoms. The molecule has 1 heterocycles. The lowest BCUT2D eigenvalue weighted by molar-refractivity contribution is 0.0912. The summed E-state index contributed by atoms with van der Waals surface area (Å²) in [5, 5.41) is 3.59. The van der Waals surface area contributed by atoms with Crippen LogP contribution >= 0.6 is 23.2 Å². The number of nitrogens with zero attached hydrogens (tertiary/aromatic N) is 1. The van der Waals surface area contributed by atoms with E-state index in [4.69, 9.17) is 28.9 Å². The Balaban J connectivity index is 2.07. The molecule has 1 saturated heterocycles. The average molecular weight is 302 g/mol. The molecule has 1 aromatic carbocycles. The maximum atomic E-state index is 12.1. The summed E-state index contributed by atoms with van der Waals surface area (Å²) < 4.78 is 0. The first-order valence-electron chi connectivity index (χ1n) is 6.21.